The van der Waals surface area contributed by atoms with Crippen LogP contribution in [-0.4, -0.2) is 72.1 Å². The first-order valence-electron chi connectivity index (χ1n) is 13.3. The number of piperazine rings is 1. The third kappa shape index (κ3) is 4.68. The van der Waals surface area contributed by atoms with E-state index in [4.69, 9.17) is 0 Å². The van der Waals surface area contributed by atoms with Crippen LogP contribution in [0.5, 0.6) is 0 Å². The molecule has 1 saturated heterocycles. The number of aromatic nitrogens is 3. The maximum atomic E-state index is 14.3. The molecule has 3 aromatic rings. The van der Waals surface area contributed by atoms with E-state index >= 15 is 0 Å². The van der Waals surface area contributed by atoms with Crippen LogP contribution >= 0.6 is 0 Å². The summed E-state index contributed by atoms with van der Waals surface area (Å²) in [6, 6.07) is 6.96. The number of nitrogens with zero attached hydrogens (tertiary/aromatic N) is 5. The van der Waals surface area contributed by atoms with Gasteiger partial charge in [0.15, 0.2) is 5.65 Å². The molecule has 1 N–H and O–H groups in total. The smallest absolute Gasteiger partial charge is 0.274 e. The molecule has 1 aliphatic heterocycles. The quantitative estimate of drug-likeness (QED) is 0.556. The third-order valence-corrected chi connectivity index (χ3v) is 7.94. The molecular weight excluding hydrogens is 485 g/mol. The second-order valence-corrected chi connectivity index (χ2v) is 12.1. The molecule has 5 rings (SSSR count). The van der Waals surface area contributed by atoms with Crippen LogP contribution < -0.4 is 0 Å². The number of fused-ring (bicyclic) bond motifs is 1. The average Bonchev–Trinajstić information content (AvgIpc) is 3.26. The molecule has 0 radical (unpaired) electrons. The summed E-state index contributed by atoms with van der Waals surface area (Å²) in [7, 11) is 0. The Morgan fingerprint density at radius 2 is 1.84 bits per heavy atom. The second kappa shape index (κ2) is 9.15. The maximum Gasteiger partial charge on any atom is 0.274 e. The second-order valence-electron chi connectivity index (χ2n) is 12.1. The van der Waals surface area contributed by atoms with Gasteiger partial charge in [0.1, 0.15) is 11.5 Å². The van der Waals surface area contributed by atoms with E-state index in [1.165, 1.54) is 6.07 Å². The van der Waals surface area contributed by atoms with Crippen LogP contribution in [0.25, 0.3) is 16.9 Å². The van der Waals surface area contributed by atoms with Crippen molar-refractivity contribution in [2.75, 3.05) is 19.6 Å². The van der Waals surface area contributed by atoms with Crippen molar-refractivity contribution in [1.82, 2.24) is 24.4 Å². The molecule has 3 heterocycles. The molecule has 0 atom stereocenters. The van der Waals surface area contributed by atoms with Crippen LogP contribution in [0.3, 0.4) is 0 Å². The molecule has 202 valence electrons. The Morgan fingerprint density at radius 1 is 1.13 bits per heavy atom. The minimum atomic E-state index is -0.757. The molecule has 2 aliphatic rings. The number of imidazole rings is 1. The summed E-state index contributed by atoms with van der Waals surface area (Å²) >= 11 is 0. The van der Waals surface area contributed by atoms with E-state index < -0.39 is 11.1 Å². The molecule has 1 aliphatic carbocycles. The van der Waals surface area contributed by atoms with Gasteiger partial charge in [0.05, 0.1) is 23.0 Å². The fraction of sp³-hybridized carbons (Fsp3) is 0.517. The maximum absolute atomic E-state index is 14.3. The molecule has 0 spiro atoms. The molecule has 8 nitrogen and oxygen atoms in total. The minimum Gasteiger partial charge on any atom is -0.390 e. The number of hydrogen-bond donors (Lipinski definition) is 1. The molecule has 2 aromatic heterocycles. The molecule has 2 fully saturated rings. The largest absolute Gasteiger partial charge is 0.390 e. The van der Waals surface area contributed by atoms with Crippen molar-refractivity contribution < 1.29 is 19.1 Å². The Hall–Kier alpha value is -3.33. The lowest BCUT2D eigenvalue weighted by Crippen LogP contribution is -2.63. The van der Waals surface area contributed by atoms with Crippen LogP contribution in [-0.2, 0) is 4.79 Å². The van der Waals surface area contributed by atoms with Crippen molar-refractivity contribution >= 4 is 17.5 Å². The van der Waals surface area contributed by atoms with E-state index in [0.717, 1.165) is 5.56 Å². The number of benzene rings is 1. The van der Waals surface area contributed by atoms with Crippen LogP contribution in [0.2, 0.25) is 0 Å². The highest BCUT2D eigenvalue weighted by molar-refractivity contribution is 5.94. The van der Waals surface area contributed by atoms with Gasteiger partial charge in [-0.3, -0.25) is 9.59 Å². The van der Waals surface area contributed by atoms with Gasteiger partial charge in [-0.1, -0.05) is 26.0 Å². The number of aryl methyl sites for hydroxylation is 1. The van der Waals surface area contributed by atoms with Crippen LogP contribution in [0.1, 0.15) is 75.0 Å². The Labute approximate surface area is 222 Å². The number of hydrogen-bond acceptors (Lipinski definition) is 5. The van der Waals surface area contributed by atoms with E-state index in [9.17, 15) is 19.1 Å². The molecule has 2 amide bonds. The van der Waals surface area contributed by atoms with Crippen molar-refractivity contribution in [2.24, 2.45) is 5.92 Å². The topological polar surface area (TPSA) is 91.0 Å². The van der Waals surface area contributed by atoms with Crippen molar-refractivity contribution in [3.63, 3.8) is 0 Å². The van der Waals surface area contributed by atoms with Crippen molar-refractivity contribution in [2.45, 2.75) is 71.4 Å². The van der Waals surface area contributed by atoms with E-state index in [1.807, 2.05) is 44.7 Å². The first-order valence-corrected chi connectivity index (χ1v) is 13.3. The summed E-state index contributed by atoms with van der Waals surface area (Å²) in [4.78, 5) is 35.0. The van der Waals surface area contributed by atoms with Gasteiger partial charge in [-0.25, -0.2) is 13.9 Å². The Kier molecular flexibility index (Phi) is 6.33. The zero-order chi connectivity index (χ0) is 27.6. The van der Waals surface area contributed by atoms with Gasteiger partial charge in [-0.2, -0.15) is 5.10 Å². The predicted molar refractivity (Wildman–Crippen MR) is 142 cm³/mol. The van der Waals surface area contributed by atoms with Crippen molar-refractivity contribution in [3.05, 3.63) is 53.1 Å². The van der Waals surface area contributed by atoms with Crippen molar-refractivity contribution in [3.8, 4) is 11.3 Å². The van der Waals surface area contributed by atoms with Gasteiger partial charge < -0.3 is 14.9 Å². The highest BCUT2D eigenvalue weighted by Crippen LogP contribution is 2.39. The van der Waals surface area contributed by atoms with E-state index in [2.05, 4.69) is 10.1 Å². The Morgan fingerprint density at radius 3 is 2.45 bits per heavy atom. The Balaban J connectivity index is 1.41. The van der Waals surface area contributed by atoms with Gasteiger partial charge in [-0.15, -0.1) is 0 Å². The molecule has 1 aromatic carbocycles. The minimum absolute atomic E-state index is 0.0512. The fourth-order valence-corrected chi connectivity index (χ4v) is 5.71. The van der Waals surface area contributed by atoms with E-state index in [0.29, 0.717) is 54.9 Å². The lowest BCUT2D eigenvalue weighted by Gasteiger charge is -2.49. The SMILES string of the molecule is Cc1ccc(-c2cc(C(C)C)c3nc(C(=O)N4CCN(C(=O)C5CC(C)(O)C5)CC4(C)C)cn3n2)cc1F. The van der Waals surface area contributed by atoms with Gasteiger partial charge in [0.2, 0.25) is 5.91 Å². The zero-order valence-corrected chi connectivity index (χ0v) is 23.0. The first kappa shape index (κ1) is 26.3. The van der Waals surface area contributed by atoms with E-state index in [-0.39, 0.29) is 35.2 Å². The summed E-state index contributed by atoms with van der Waals surface area (Å²) in [5, 5.41) is 14.7. The van der Waals surface area contributed by atoms with Gasteiger partial charge in [0, 0.05) is 36.7 Å². The summed E-state index contributed by atoms with van der Waals surface area (Å²) in [5.41, 5.74) is 2.30. The predicted octanol–water partition coefficient (Wildman–Crippen LogP) is 4.19. The third-order valence-electron chi connectivity index (χ3n) is 7.94. The molecular formula is C29H36FN5O3. The average molecular weight is 522 g/mol. The van der Waals surface area contributed by atoms with Crippen LogP contribution in [0.15, 0.2) is 30.5 Å². The zero-order valence-electron chi connectivity index (χ0n) is 23.0. The number of rotatable bonds is 4. The number of halogens is 1. The highest BCUT2D eigenvalue weighted by Gasteiger charge is 2.46. The van der Waals surface area contributed by atoms with Crippen molar-refractivity contribution in [1.29, 1.82) is 0 Å². The molecule has 0 bridgehead atoms. The molecule has 0 unspecified atom stereocenters. The first-order chi connectivity index (χ1) is 17.8. The van der Waals surface area contributed by atoms with Gasteiger partial charge in [-0.05, 0) is 64.2 Å². The number of amides is 2. The normalized spacial score (nSPS) is 23.1. The summed E-state index contributed by atoms with van der Waals surface area (Å²) < 4.78 is 15.9. The van der Waals surface area contributed by atoms with Crippen LogP contribution in [0.4, 0.5) is 4.39 Å². The summed E-state index contributed by atoms with van der Waals surface area (Å²) in [6.45, 7) is 12.7. The van der Waals surface area contributed by atoms with Crippen LogP contribution in [0, 0.1) is 18.7 Å². The number of carbonyl (C=O) groups is 2. The lowest BCUT2D eigenvalue weighted by atomic mass is 9.71. The number of aliphatic hydroxyl groups is 1. The monoisotopic (exact) mass is 521 g/mol. The highest BCUT2D eigenvalue weighted by atomic mass is 19.1. The summed E-state index contributed by atoms with van der Waals surface area (Å²) in [6.07, 6.45) is 2.60. The molecule has 38 heavy (non-hydrogen) atoms. The molecule has 1 saturated carbocycles. The van der Waals surface area contributed by atoms with Gasteiger partial charge >= 0.3 is 0 Å². The summed E-state index contributed by atoms with van der Waals surface area (Å²) in [5.74, 6) is -0.497. The number of carbonyl (C=O) groups excluding carboxylic acids is 2. The standard InChI is InChI=1S/C29H36FN5O3/c1-17(2)21-12-23(19-8-7-18(3)22(30)11-19)32-35-15-24(31-25(21)35)27(37)34-10-9-33(16-28(34,4)5)26(36)20-13-29(6,38)14-20/h7-8,11-12,15,17,20,38H,9-10,13-14,16H2,1-6H3. The Bertz CT molecular complexity index is 1420. The fourth-order valence-electron chi connectivity index (χ4n) is 5.71. The van der Waals surface area contributed by atoms with Gasteiger partial charge in [0.25, 0.3) is 5.91 Å². The lowest BCUT2D eigenvalue weighted by molar-refractivity contribution is -0.153. The molecule has 9 heteroatoms. The van der Waals surface area contributed by atoms with E-state index in [1.54, 1.807) is 35.5 Å².